The summed E-state index contributed by atoms with van der Waals surface area (Å²) in [5.74, 6) is 1.08. The van der Waals surface area contributed by atoms with Gasteiger partial charge < -0.3 is 5.32 Å². The van der Waals surface area contributed by atoms with Crippen molar-refractivity contribution in [1.82, 2.24) is 4.37 Å². The molecule has 0 saturated heterocycles. The number of aromatic nitrogens is 1. The third kappa shape index (κ3) is 1.64. The lowest BCUT2D eigenvalue weighted by Crippen LogP contribution is -1.86. The van der Waals surface area contributed by atoms with E-state index in [9.17, 15) is 0 Å². The average Bonchev–Trinajstić information content (AvgIpc) is 2.36. The predicted molar refractivity (Wildman–Crippen MR) is 48.1 cm³/mol. The van der Waals surface area contributed by atoms with Crippen molar-refractivity contribution >= 4 is 29.0 Å². The Balaban J connectivity index is 2.70. The SMILES string of the molecule is CCSc1nscc1NC. The third-order valence-electron chi connectivity index (χ3n) is 1.09. The molecule has 0 atom stereocenters. The van der Waals surface area contributed by atoms with Crippen LogP contribution in [0.2, 0.25) is 0 Å². The maximum absolute atomic E-state index is 4.22. The van der Waals surface area contributed by atoms with Crippen molar-refractivity contribution in [1.29, 1.82) is 0 Å². The Hall–Kier alpha value is -0.220. The van der Waals surface area contributed by atoms with Crippen LogP contribution in [0.3, 0.4) is 0 Å². The summed E-state index contributed by atoms with van der Waals surface area (Å²) in [6, 6.07) is 0. The molecule has 2 nitrogen and oxygen atoms in total. The van der Waals surface area contributed by atoms with Crippen LogP contribution in [0.25, 0.3) is 0 Å². The van der Waals surface area contributed by atoms with E-state index in [2.05, 4.69) is 16.6 Å². The van der Waals surface area contributed by atoms with Gasteiger partial charge in [-0.05, 0) is 17.3 Å². The van der Waals surface area contributed by atoms with Crippen molar-refractivity contribution in [3.8, 4) is 0 Å². The van der Waals surface area contributed by atoms with Crippen LogP contribution in [0.1, 0.15) is 6.92 Å². The Bertz CT molecular complexity index is 197. The highest BCUT2D eigenvalue weighted by molar-refractivity contribution is 7.99. The van der Waals surface area contributed by atoms with Gasteiger partial charge in [0.1, 0.15) is 5.03 Å². The molecule has 0 fully saturated rings. The maximum Gasteiger partial charge on any atom is 0.133 e. The van der Waals surface area contributed by atoms with Crippen LogP contribution in [0, 0.1) is 0 Å². The normalized spacial score (nSPS) is 9.80. The molecule has 4 heteroatoms. The highest BCUT2D eigenvalue weighted by atomic mass is 32.2. The van der Waals surface area contributed by atoms with E-state index in [1.807, 2.05) is 12.4 Å². The molecule has 1 rings (SSSR count). The molecule has 1 N–H and O–H groups in total. The molecule has 0 aliphatic heterocycles. The van der Waals surface area contributed by atoms with Gasteiger partial charge in [0.05, 0.1) is 5.69 Å². The molecule has 0 aliphatic rings. The third-order valence-corrected chi connectivity index (χ3v) is 2.70. The zero-order chi connectivity index (χ0) is 7.40. The maximum atomic E-state index is 4.22. The van der Waals surface area contributed by atoms with E-state index in [0.717, 1.165) is 16.5 Å². The minimum absolute atomic E-state index is 1.08. The minimum Gasteiger partial charge on any atom is -0.385 e. The van der Waals surface area contributed by atoms with Gasteiger partial charge in [-0.3, -0.25) is 0 Å². The monoisotopic (exact) mass is 174 g/mol. The van der Waals surface area contributed by atoms with Gasteiger partial charge in [-0.1, -0.05) is 6.92 Å². The largest absolute Gasteiger partial charge is 0.385 e. The molecule has 0 amide bonds. The summed E-state index contributed by atoms with van der Waals surface area (Å²) in [6.45, 7) is 2.13. The van der Waals surface area contributed by atoms with E-state index in [4.69, 9.17) is 0 Å². The molecule has 0 spiro atoms. The highest BCUT2D eigenvalue weighted by Gasteiger charge is 2.01. The lowest BCUT2D eigenvalue weighted by atomic mass is 10.6. The van der Waals surface area contributed by atoms with E-state index < -0.39 is 0 Å². The molecule has 1 heterocycles. The van der Waals surface area contributed by atoms with Crippen LogP contribution in [0.15, 0.2) is 10.4 Å². The summed E-state index contributed by atoms with van der Waals surface area (Å²) in [4.78, 5) is 0. The molecule has 0 bridgehead atoms. The smallest absolute Gasteiger partial charge is 0.133 e. The van der Waals surface area contributed by atoms with Crippen molar-refractivity contribution in [3.63, 3.8) is 0 Å². The predicted octanol–water partition coefficient (Wildman–Crippen LogP) is 2.30. The zero-order valence-electron chi connectivity index (χ0n) is 6.05. The van der Waals surface area contributed by atoms with Gasteiger partial charge in [0, 0.05) is 12.4 Å². The highest BCUT2D eigenvalue weighted by Crippen LogP contribution is 2.26. The van der Waals surface area contributed by atoms with Gasteiger partial charge >= 0.3 is 0 Å². The van der Waals surface area contributed by atoms with Crippen LogP contribution in [-0.4, -0.2) is 17.2 Å². The van der Waals surface area contributed by atoms with Gasteiger partial charge in [0.2, 0.25) is 0 Å². The van der Waals surface area contributed by atoms with Gasteiger partial charge in [-0.25, -0.2) is 0 Å². The van der Waals surface area contributed by atoms with Gasteiger partial charge in [-0.2, -0.15) is 4.37 Å². The van der Waals surface area contributed by atoms with Crippen LogP contribution in [0.4, 0.5) is 5.69 Å². The van der Waals surface area contributed by atoms with Crippen molar-refractivity contribution in [3.05, 3.63) is 5.38 Å². The first-order valence-corrected chi connectivity index (χ1v) is 4.95. The molecule has 0 aliphatic carbocycles. The number of hydrogen-bond donors (Lipinski definition) is 1. The summed E-state index contributed by atoms with van der Waals surface area (Å²) in [5.41, 5.74) is 1.15. The fraction of sp³-hybridized carbons (Fsp3) is 0.500. The van der Waals surface area contributed by atoms with Crippen LogP contribution >= 0.6 is 23.3 Å². The number of nitrogens with one attached hydrogen (secondary N) is 1. The topological polar surface area (TPSA) is 24.9 Å². The van der Waals surface area contributed by atoms with Crippen molar-refractivity contribution < 1.29 is 0 Å². The van der Waals surface area contributed by atoms with E-state index in [1.54, 1.807) is 11.8 Å². The molecule has 1 aromatic heterocycles. The van der Waals surface area contributed by atoms with E-state index >= 15 is 0 Å². The fourth-order valence-electron chi connectivity index (χ4n) is 0.633. The molecular formula is C6H10N2S2. The van der Waals surface area contributed by atoms with Gasteiger partial charge in [-0.15, -0.1) is 11.8 Å². The molecule has 1 aromatic rings. The van der Waals surface area contributed by atoms with E-state index in [1.165, 1.54) is 11.5 Å². The van der Waals surface area contributed by atoms with Gasteiger partial charge in [0.25, 0.3) is 0 Å². The molecule has 0 radical (unpaired) electrons. The first kappa shape index (κ1) is 7.88. The lowest BCUT2D eigenvalue weighted by Gasteiger charge is -1.96. The quantitative estimate of drug-likeness (QED) is 0.712. The second kappa shape index (κ2) is 3.83. The average molecular weight is 174 g/mol. The number of thioether (sulfide) groups is 1. The Labute approximate surface area is 69.2 Å². The van der Waals surface area contributed by atoms with E-state index in [0.29, 0.717) is 0 Å². The summed E-state index contributed by atoms with van der Waals surface area (Å²) in [6.07, 6.45) is 0. The molecular weight excluding hydrogens is 164 g/mol. The fourth-order valence-corrected chi connectivity index (χ4v) is 2.22. The molecule has 0 aromatic carbocycles. The number of hydrogen-bond acceptors (Lipinski definition) is 4. The second-order valence-electron chi connectivity index (χ2n) is 1.72. The van der Waals surface area contributed by atoms with Gasteiger partial charge in [0.15, 0.2) is 0 Å². The molecule has 0 unspecified atom stereocenters. The number of nitrogens with zero attached hydrogens (tertiary/aromatic N) is 1. The van der Waals surface area contributed by atoms with E-state index in [-0.39, 0.29) is 0 Å². The Morgan fingerprint density at radius 1 is 1.80 bits per heavy atom. The molecule has 0 saturated carbocycles. The number of anilines is 1. The van der Waals surface area contributed by atoms with Crippen molar-refractivity contribution in [2.45, 2.75) is 11.9 Å². The minimum atomic E-state index is 1.08. The zero-order valence-corrected chi connectivity index (χ0v) is 7.68. The Morgan fingerprint density at radius 2 is 2.60 bits per heavy atom. The van der Waals surface area contributed by atoms with Crippen LogP contribution in [-0.2, 0) is 0 Å². The van der Waals surface area contributed by atoms with Crippen molar-refractivity contribution in [2.75, 3.05) is 18.1 Å². The molecule has 56 valence electrons. The van der Waals surface area contributed by atoms with Crippen LogP contribution in [0.5, 0.6) is 0 Å². The molecule has 10 heavy (non-hydrogen) atoms. The Morgan fingerprint density at radius 3 is 3.20 bits per heavy atom. The first-order valence-electron chi connectivity index (χ1n) is 3.13. The number of rotatable bonds is 3. The lowest BCUT2D eigenvalue weighted by molar-refractivity contribution is 1.26. The summed E-state index contributed by atoms with van der Waals surface area (Å²) in [5, 5.41) is 6.23. The summed E-state index contributed by atoms with van der Waals surface area (Å²) >= 11 is 3.27. The summed E-state index contributed by atoms with van der Waals surface area (Å²) < 4.78 is 4.22. The Kier molecular flexibility index (Phi) is 3.02. The standard InChI is InChI=1S/C6H10N2S2/c1-3-9-6-5(7-2)4-10-8-6/h4,7H,3H2,1-2H3. The summed E-state index contributed by atoms with van der Waals surface area (Å²) in [7, 11) is 1.92. The van der Waals surface area contributed by atoms with Crippen LogP contribution < -0.4 is 5.32 Å². The first-order chi connectivity index (χ1) is 4.88. The second-order valence-corrected chi connectivity index (χ2v) is 3.60. The van der Waals surface area contributed by atoms with Crippen molar-refractivity contribution in [2.24, 2.45) is 0 Å².